The summed E-state index contributed by atoms with van der Waals surface area (Å²) in [4.78, 5) is 20.5. The number of aromatic nitrogens is 2. The molecule has 2 aromatic rings. The Balaban J connectivity index is 2.09. The van der Waals surface area contributed by atoms with E-state index in [0.717, 1.165) is 4.31 Å². The molecule has 1 aromatic heterocycles. The van der Waals surface area contributed by atoms with Gasteiger partial charge >= 0.3 is 0 Å². The summed E-state index contributed by atoms with van der Waals surface area (Å²) in [6.45, 7) is 1.73. The van der Waals surface area contributed by atoms with Crippen LogP contribution in [0.15, 0.2) is 52.8 Å². The first-order valence-corrected chi connectivity index (χ1v) is 9.40. The molecule has 0 aliphatic rings. The van der Waals surface area contributed by atoms with Crippen molar-refractivity contribution < 1.29 is 13.2 Å². The third-order valence-electron chi connectivity index (χ3n) is 3.07. The Morgan fingerprint density at radius 3 is 2.50 bits per heavy atom. The number of nitrogens with one attached hydrogen (secondary N) is 1. The molecule has 7 nitrogen and oxygen atoms in total. The molecule has 0 aliphatic carbocycles. The van der Waals surface area contributed by atoms with Gasteiger partial charge in [0.2, 0.25) is 15.9 Å². The van der Waals surface area contributed by atoms with Gasteiger partial charge in [0.15, 0.2) is 5.16 Å². The van der Waals surface area contributed by atoms with Crippen molar-refractivity contribution in [3.05, 3.63) is 42.7 Å². The summed E-state index contributed by atoms with van der Waals surface area (Å²) in [7, 11) is -0.632. The molecule has 1 heterocycles. The summed E-state index contributed by atoms with van der Waals surface area (Å²) < 4.78 is 25.4. The average Bonchev–Trinajstić information content (AvgIpc) is 2.55. The Hall–Kier alpha value is -1.97. The van der Waals surface area contributed by atoms with Crippen molar-refractivity contribution in [2.24, 2.45) is 0 Å². The van der Waals surface area contributed by atoms with Crippen LogP contribution in [0.4, 0.5) is 5.69 Å². The monoisotopic (exact) mass is 366 g/mol. The minimum Gasteiger partial charge on any atom is -0.325 e. The summed E-state index contributed by atoms with van der Waals surface area (Å²) >= 11 is 1.22. The third kappa shape index (κ3) is 4.53. The fourth-order valence-electron chi connectivity index (χ4n) is 1.75. The lowest BCUT2D eigenvalue weighted by atomic mass is 10.3. The number of carbonyl (C=O) groups is 1. The number of thioether (sulfide) groups is 1. The van der Waals surface area contributed by atoms with E-state index in [0.29, 0.717) is 10.8 Å². The molecular weight excluding hydrogens is 348 g/mol. The molecule has 0 saturated carbocycles. The summed E-state index contributed by atoms with van der Waals surface area (Å²) in [6.07, 6.45) is 3.21. The molecular formula is C15H18N4O3S2. The summed E-state index contributed by atoms with van der Waals surface area (Å²) in [5.74, 6) is -0.258. The second-order valence-electron chi connectivity index (χ2n) is 5.10. The number of rotatable bonds is 6. The number of carbonyl (C=O) groups excluding carboxylic acids is 1. The van der Waals surface area contributed by atoms with Crippen molar-refractivity contribution in [1.82, 2.24) is 14.3 Å². The number of sulfonamides is 1. The van der Waals surface area contributed by atoms with Crippen LogP contribution in [-0.2, 0) is 14.8 Å². The molecule has 0 spiro atoms. The minimum atomic E-state index is -3.55. The zero-order valence-electron chi connectivity index (χ0n) is 13.5. The second kappa shape index (κ2) is 7.73. The van der Waals surface area contributed by atoms with Gasteiger partial charge in [0.1, 0.15) is 0 Å². The van der Waals surface area contributed by atoms with Crippen molar-refractivity contribution in [3.63, 3.8) is 0 Å². The average molecular weight is 366 g/mol. The maximum Gasteiger partial charge on any atom is 0.242 e. The molecule has 0 bridgehead atoms. The zero-order chi connectivity index (χ0) is 17.7. The molecule has 1 N–H and O–H groups in total. The van der Waals surface area contributed by atoms with Crippen LogP contribution in [0.5, 0.6) is 0 Å². The first-order valence-electron chi connectivity index (χ1n) is 7.08. The highest BCUT2D eigenvalue weighted by Crippen LogP contribution is 2.22. The van der Waals surface area contributed by atoms with Gasteiger partial charge in [-0.1, -0.05) is 17.8 Å². The molecule has 128 valence electrons. The van der Waals surface area contributed by atoms with Gasteiger partial charge in [-0.3, -0.25) is 4.79 Å². The lowest BCUT2D eigenvalue weighted by Crippen LogP contribution is -2.24. The van der Waals surface area contributed by atoms with E-state index in [9.17, 15) is 13.2 Å². The van der Waals surface area contributed by atoms with Crippen LogP contribution < -0.4 is 5.32 Å². The van der Waals surface area contributed by atoms with Gasteiger partial charge in [-0.05, 0) is 31.2 Å². The molecule has 0 saturated heterocycles. The van der Waals surface area contributed by atoms with E-state index in [1.807, 2.05) is 0 Å². The molecule has 0 radical (unpaired) electrons. The maximum absolute atomic E-state index is 12.3. The molecule has 0 fully saturated rings. The van der Waals surface area contributed by atoms with E-state index in [2.05, 4.69) is 15.3 Å². The van der Waals surface area contributed by atoms with Gasteiger partial charge in [-0.15, -0.1) is 0 Å². The standard InChI is InChI=1S/C15H18N4O3S2/c1-11(23-15-16-8-5-9-17-15)14(20)18-12-6-4-7-13(10-12)24(21,22)19(2)3/h4-11H,1-3H3,(H,18,20)/t11-/m0/s1. The number of anilines is 1. The van der Waals surface area contributed by atoms with E-state index >= 15 is 0 Å². The molecule has 0 unspecified atom stereocenters. The lowest BCUT2D eigenvalue weighted by molar-refractivity contribution is -0.115. The Kier molecular flexibility index (Phi) is 5.92. The van der Waals surface area contributed by atoms with Crippen molar-refractivity contribution in [2.75, 3.05) is 19.4 Å². The first-order chi connectivity index (χ1) is 11.3. The third-order valence-corrected chi connectivity index (χ3v) is 5.87. The van der Waals surface area contributed by atoms with Gasteiger partial charge in [-0.2, -0.15) is 0 Å². The van der Waals surface area contributed by atoms with Crippen LogP contribution in [0.2, 0.25) is 0 Å². The molecule has 1 aromatic carbocycles. The van der Waals surface area contributed by atoms with Gasteiger partial charge in [0.05, 0.1) is 10.1 Å². The van der Waals surface area contributed by atoms with Crippen LogP contribution >= 0.6 is 11.8 Å². The van der Waals surface area contributed by atoms with Gasteiger partial charge in [-0.25, -0.2) is 22.7 Å². The van der Waals surface area contributed by atoms with E-state index in [1.54, 1.807) is 37.5 Å². The maximum atomic E-state index is 12.3. The van der Waals surface area contributed by atoms with Crippen LogP contribution in [0, 0.1) is 0 Å². The lowest BCUT2D eigenvalue weighted by Gasteiger charge is -2.14. The van der Waals surface area contributed by atoms with Crippen LogP contribution in [0.1, 0.15) is 6.92 Å². The van der Waals surface area contributed by atoms with Crippen molar-refractivity contribution in [1.29, 1.82) is 0 Å². The van der Waals surface area contributed by atoms with E-state index in [4.69, 9.17) is 0 Å². The SMILES string of the molecule is C[C@H](Sc1ncccn1)C(=O)Nc1cccc(S(=O)(=O)N(C)C)c1. The summed E-state index contributed by atoms with van der Waals surface area (Å²) in [5, 5.41) is 2.79. The van der Waals surface area contributed by atoms with Crippen molar-refractivity contribution in [3.8, 4) is 0 Å². The first kappa shape index (κ1) is 18.4. The number of amides is 1. The normalized spacial score (nSPS) is 12.8. The minimum absolute atomic E-state index is 0.122. The van der Waals surface area contributed by atoms with E-state index in [-0.39, 0.29) is 10.8 Å². The number of nitrogens with zero attached hydrogens (tertiary/aromatic N) is 3. The zero-order valence-corrected chi connectivity index (χ0v) is 15.1. The van der Waals surface area contributed by atoms with E-state index < -0.39 is 15.3 Å². The van der Waals surface area contributed by atoms with Gasteiger partial charge in [0, 0.05) is 32.2 Å². The van der Waals surface area contributed by atoms with Crippen LogP contribution in [0.3, 0.4) is 0 Å². The topological polar surface area (TPSA) is 92.3 Å². The molecule has 1 atom stereocenters. The number of hydrogen-bond acceptors (Lipinski definition) is 6. The van der Waals surface area contributed by atoms with Crippen LogP contribution in [0.25, 0.3) is 0 Å². The van der Waals surface area contributed by atoms with Crippen LogP contribution in [-0.4, -0.2) is 47.9 Å². The molecule has 1 amide bonds. The molecule has 24 heavy (non-hydrogen) atoms. The molecule has 0 aliphatic heterocycles. The summed E-state index contributed by atoms with van der Waals surface area (Å²) in [6, 6.07) is 7.85. The van der Waals surface area contributed by atoms with E-state index in [1.165, 1.54) is 38.0 Å². The smallest absolute Gasteiger partial charge is 0.242 e. The van der Waals surface area contributed by atoms with Crippen molar-refractivity contribution in [2.45, 2.75) is 22.2 Å². The van der Waals surface area contributed by atoms with Gasteiger partial charge in [0.25, 0.3) is 0 Å². The molecule has 9 heteroatoms. The fourth-order valence-corrected chi connectivity index (χ4v) is 3.42. The summed E-state index contributed by atoms with van der Waals surface area (Å²) in [5.41, 5.74) is 0.421. The van der Waals surface area contributed by atoms with Gasteiger partial charge < -0.3 is 5.32 Å². The Morgan fingerprint density at radius 1 is 1.21 bits per heavy atom. The fraction of sp³-hybridized carbons (Fsp3) is 0.267. The Morgan fingerprint density at radius 2 is 1.88 bits per heavy atom. The Labute approximate surface area is 145 Å². The number of benzene rings is 1. The highest BCUT2D eigenvalue weighted by Gasteiger charge is 2.19. The second-order valence-corrected chi connectivity index (χ2v) is 8.56. The Bertz CT molecular complexity index is 810. The highest BCUT2D eigenvalue weighted by atomic mass is 32.2. The number of hydrogen-bond donors (Lipinski definition) is 1. The van der Waals surface area contributed by atoms with Crippen molar-refractivity contribution >= 4 is 33.4 Å². The largest absolute Gasteiger partial charge is 0.325 e. The molecule has 2 rings (SSSR count). The predicted octanol–water partition coefficient (Wildman–Crippen LogP) is 1.85. The highest BCUT2D eigenvalue weighted by molar-refractivity contribution is 8.00. The quantitative estimate of drug-likeness (QED) is 0.619. The predicted molar refractivity (Wildman–Crippen MR) is 93.3 cm³/mol.